The van der Waals surface area contributed by atoms with E-state index in [0.717, 1.165) is 23.3 Å². The number of aliphatic carboxylic acids is 1. The van der Waals surface area contributed by atoms with Crippen molar-refractivity contribution in [2.75, 3.05) is 0 Å². The van der Waals surface area contributed by atoms with E-state index in [1.807, 2.05) is 25.1 Å². The zero-order chi connectivity index (χ0) is 17.0. The molecule has 0 bridgehead atoms. The molecule has 0 aliphatic heterocycles. The number of aromatic nitrogens is 2. The van der Waals surface area contributed by atoms with Gasteiger partial charge in [0.2, 0.25) is 0 Å². The zero-order valence-electron chi connectivity index (χ0n) is 14.0. The van der Waals surface area contributed by atoms with Gasteiger partial charge in [0, 0.05) is 31.4 Å². The number of aryl methyl sites for hydroxylation is 1. The summed E-state index contributed by atoms with van der Waals surface area (Å²) in [6.45, 7) is 6.74. The van der Waals surface area contributed by atoms with Gasteiger partial charge < -0.3 is 9.67 Å². The van der Waals surface area contributed by atoms with E-state index in [2.05, 4.69) is 18.4 Å². The van der Waals surface area contributed by atoms with Gasteiger partial charge in [-0.1, -0.05) is 20.8 Å². The van der Waals surface area contributed by atoms with Crippen LogP contribution in [0.5, 0.6) is 0 Å². The topological polar surface area (TPSA) is 72.2 Å². The van der Waals surface area contributed by atoms with Crippen LogP contribution in [0, 0.1) is 5.92 Å². The Morgan fingerprint density at radius 3 is 2.65 bits per heavy atom. The molecule has 5 nitrogen and oxygen atoms in total. The lowest BCUT2D eigenvalue weighted by Gasteiger charge is -2.10. The molecule has 0 atom stereocenters. The highest BCUT2D eigenvalue weighted by atomic mass is 16.4. The Bertz CT molecular complexity index is 716. The zero-order valence-corrected chi connectivity index (χ0v) is 14.0. The fourth-order valence-electron chi connectivity index (χ4n) is 2.72. The average Bonchev–Trinajstić information content (AvgIpc) is 2.82. The van der Waals surface area contributed by atoms with E-state index >= 15 is 0 Å². The Balaban J connectivity index is 2.39. The Morgan fingerprint density at radius 2 is 2.04 bits per heavy atom. The molecular weight excluding hydrogens is 292 g/mol. The van der Waals surface area contributed by atoms with Crippen molar-refractivity contribution in [1.82, 2.24) is 9.55 Å². The summed E-state index contributed by atoms with van der Waals surface area (Å²) in [5, 5.41) is 8.83. The molecule has 124 valence electrons. The smallest absolute Gasteiger partial charge is 0.303 e. The van der Waals surface area contributed by atoms with Crippen LogP contribution in [-0.4, -0.2) is 26.4 Å². The van der Waals surface area contributed by atoms with Crippen LogP contribution in [0.3, 0.4) is 0 Å². The molecule has 0 fully saturated rings. The molecule has 0 spiro atoms. The number of ketones is 1. The second-order valence-corrected chi connectivity index (χ2v) is 6.26. The van der Waals surface area contributed by atoms with Gasteiger partial charge in [0.25, 0.3) is 0 Å². The molecule has 0 unspecified atom stereocenters. The first-order valence-electron chi connectivity index (χ1n) is 8.16. The maximum atomic E-state index is 11.9. The Morgan fingerprint density at radius 1 is 1.30 bits per heavy atom. The van der Waals surface area contributed by atoms with Gasteiger partial charge in [-0.25, -0.2) is 4.98 Å². The second-order valence-electron chi connectivity index (χ2n) is 6.26. The Labute approximate surface area is 136 Å². The molecule has 1 aromatic carbocycles. The predicted molar refractivity (Wildman–Crippen MR) is 89.8 cm³/mol. The molecule has 0 radical (unpaired) electrons. The number of carboxylic acids is 1. The third-order valence-electron chi connectivity index (χ3n) is 3.83. The minimum absolute atomic E-state index is 0.109. The van der Waals surface area contributed by atoms with Crippen molar-refractivity contribution in [1.29, 1.82) is 0 Å². The number of carbonyl (C=O) groups excluding carboxylic acids is 1. The van der Waals surface area contributed by atoms with Crippen LogP contribution in [0.15, 0.2) is 18.2 Å². The molecule has 2 rings (SSSR count). The van der Waals surface area contributed by atoms with E-state index in [9.17, 15) is 9.59 Å². The molecule has 0 aliphatic carbocycles. The molecule has 23 heavy (non-hydrogen) atoms. The van der Waals surface area contributed by atoms with Crippen LogP contribution in [0.25, 0.3) is 11.0 Å². The van der Waals surface area contributed by atoms with Crippen molar-refractivity contribution in [3.05, 3.63) is 29.6 Å². The number of imidazole rings is 1. The summed E-state index contributed by atoms with van der Waals surface area (Å²) < 4.78 is 2.10. The van der Waals surface area contributed by atoms with Crippen LogP contribution < -0.4 is 0 Å². The van der Waals surface area contributed by atoms with Gasteiger partial charge in [0.15, 0.2) is 5.78 Å². The number of nitrogens with zero attached hydrogens (tertiary/aromatic N) is 2. The summed E-state index contributed by atoms with van der Waals surface area (Å²) in [5.41, 5.74) is 2.47. The highest BCUT2D eigenvalue weighted by Gasteiger charge is 2.14. The van der Waals surface area contributed by atoms with Crippen molar-refractivity contribution in [3.8, 4) is 0 Å². The minimum Gasteiger partial charge on any atom is -0.481 e. The van der Waals surface area contributed by atoms with Crippen LogP contribution in [0.4, 0.5) is 0 Å². The summed E-state index contributed by atoms with van der Waals surface area (Å²) in [4.78, 5) is 27.3. The maximum Gasteiger partial charge on any atom is 0.303 e. The largest absolute Gasteiger partial charge is 0.481 e. The van der Waals surface area contributed by atoms with Gasteiger partial charge in [-0.3, -0.25) is 9.59 Å². The fourth-order valence-corrected chi connectivity index (χ4v) is 2.72. The molecule has 1 aromatic heterocycles. The summed E-state index contributed by atoms with van der Waals surface area (Å²) >= 11 is 0. The quantitative estimate of drug-likeness (QED) is 0.754. The lowest BCUT2D eigenvalue weighted by atomic mass is 10.1. The third kappa shape index (κ3) is 4.18. The number of hydrogen-bond donors (Lipinski definition) is 1. The molecule has 1 heterocycles. The number of rotatable bonds is 8. The van der Waals surface area contributed by atoms with E-state index in [1.54, 1.807) is 0 Å². The van der Waals surface area contributed by atoms with E-state index in [4.69, 9.17) is 10.1 Å². The van der Waals surface area contributed by atoms with Crippen LogP contribution >= 0.6 is 0 Å². The fraction of sp³-hybridized carbons (Fsp3) is 0.500. The van der Waals surface area contributed by atoms with E-state index in [1.165, 1.54) is 0 Å². The lowest BCUT2D eigenvalue weighted by molar-refractivity contribution is -0.137. The van der Waals surface area contributed by atoms with Crippen LogP contribution in [0.2, 0.25) is 0 Å². The molecule has 0 amide bonds. The molecule has 0 saturated heterocycles. The molecule has 0 aliphatic rings. The average molecular weight is 316 g/mol. The number of hydrogen-bond acceptors (Lipinski definition) is 3. The SMILES string of the molecule is CCC(=O)c1ccc2c(c1)nc(CC(C)C)n2CCCC(=O)O. The molecule has 2 aromatic rings. The number of benzene rings is 1. The van der Waals surface area contributed by atoms with Gasteiger partial charge >= 0.3 is 5.97 Å². The second kappa shape index (κ2) is 7.40. The Kier molecular flexibility index (Phi) is 5.53. The first-order chi connectivity index (χ1) is 10.9. The Hall–Kier alpha value is -2.17. The molecule has 0 saturated carbocycles. The third-order valence-corrected chi connectivity index (χ3v) is 3.83. The van der Waals surface area contributed by atoms with E-state index in [-0.39, 0.29) is 12.2 Å². The van der Waals surface area contributed by atoms with Gasteiger partial charge in [0.1, 0.15) is 5.82 Å². The number of carbonyl (C=O) groups is 2. The maximum absolute atomic E-state index is 11.9. The van der Waals surface area contributed by atoms with E-state index in [0.29, 0.717) is 30.9 Å². The summed E-state index contributed by atoms with van der Waals surface area (Å²) in [7, 11) is 0. The van der Waals surface area contributed by atoms with Gasteiger partial charge in [0.05, 0.1) is 11.0 Å². The van der Waals surface area contributed by atoms with Crippen LogP contribution in [-0.2, 0) is 17.8 Å². The highest BCUT2D eigenvalue weighted by molar-refractivity contribution is 5.98. The monoisotopic (exact) mass is 316 g/mol. The van der Waals surface area contributed by atoms with Gasteiger partial charge in [-0.05, 0) is 30.5 Å². The van der Waals surface area contributed by atoms with Crippen LogP contribution in [0.1, 0.15) is 56.2 Å². The van der Waals surface area contributed by atoms with Gasteiger partial charge in [-0.2, -0.15) is 0 Å². The number of carboxylic acid groups (broad SMARTS) is 1. The van der Waals surface area contributed by atoms with Crippen molar-refractivity contribution in [3.63, 3.8) is 0 Å². The normalized spacial score (nSPS) is 11.3. The van der Waals surface area contributed by atoms with Crippen molar-refractivity contribution in [2.24, 2.45) is 5.92 Å². The van der Waals surface area contributed by atoms with Crippen molar-refractivity contribution >= 4 is 22.8 Å². The number of Topliss-reactive ketones (excluding diaryl/α,β-unsaturated/α-hetero) is 1. The van der Waals surface area contributed by atoms with Gasteiger partial charge in [-0.15, -0.1) is 0 Å². The summed E-state index contributed by atoms with van der Waals surface area (Å²) in [5.74, 6) is 0.747. The van der Waals surface area contributed by atoms with Crippen molar-refractivity contribution < 1.29 is 14.7 Å². The van der Waals surface area contributed by atoms with Crippen molar-refractivity contribution in [2.45, 2.75) is 53.0 Å². The molecule has 5 heteroatoms. The summed E-state index contributed by atoms with van der Waals surface area (Å²) in [6.07, 6.45) is 2.03. The first-order valence-corrected chi connectivity index (χ1v) is 8.16. The minimum atomic E-state index is -0.782. The predicted octanol–water partition coefficient (Wildman–Crippen LogP) is 3.69. The molecular formula is C18H24N2O3. The first kappa shape index (κ1) is 17.2. The lowest BCUT2D eigenvalue weighted by Crippen LogP contribution is -2.08. The number of fused-ring (bicyclic) bond motifs is 1. The molecule has 1 N–H and O–H groups in total. The van der Waals surface area contributed by atoms with E-state index < -0.39 is 5.97 Å². The summed E-state index contributed by atoms with van der Waals surface area (Å²) in [6, 6.07) is 5.61. The highest BCUT2D eigenvalue weighted by Crippen LogP contribution is 2.21. The standard InChI is InChI=1S/C18H24N2O3/c1-4-16(21)13-7-8-15-14(11-13)19-17(10-12(2)3)20(15)9-5-6-18(22)23/h7-8,11-12H,4-6,9-10H2,1-3H3,(H,22,23).